The molecule has 3 heteroatoms. The van der Waals surface area contributed by atoms with Crippen molar-refractivity contribution in [2.75, 3.05) is 12.5 Å². The Balaban J connectivity index is 2.45. The molecule has 0 atom stereocenters. The molecule has 1 rings (SSSR count). The second kappa shape index (κ2) is 6.06. The van der Waals surface area contributed by atoms with Gasteiger partial charge in [0.25, 0.3) is 0 Å². The Hall–Kier alpha value is -0.470. The monoisotopic (exact) mass is 260 g/mol. The first-order valence-corrected chi connectivity index (χ1v) is 5.25. The van der Waals surface area contributed by atoms with Crippen LogP contribution in [0.25, 0.3) is 0 Å². The fourth-order valence-corrected chi connectivity index (χ4v) is 1.36. The number of rotatable bonds is 4. The van der Waals surface area contributed by atoms with Crippen LogP contribution in [0.2, 0.25) is 0 Å². The van der Waals surface area contributed by atoms with Gasteiger partial charge in [0.05, 0.1) is 4.47 Å². The summed E-state index contributed by atoms with van der Waals surface area (Å²) in [5.74, 6) is 1.38. The number of alkyl halides is 1. The molecule has 1 aromatic rings. The van der Waals surface area contributed by atoms with Crippen molar-refractivity contribution in [3.63, 3.8) is 0 Å². The van der Waals surface area contributed by atoms with E-state index in [1.165, 1.54) is 0 Å². The van der Waals surface area contributed by atoms with E-state index in [2.05, 4.69) is 15.9 Å². The zero-order valence-electron chi connectivity index (χ0n) is 7.04. The lowest BCUT2D eigenvalue weighted by atomic mass is 10.3. The lowest BCUT2D eigenvalue weighted by Gasteiger charge is -2.04. The van der Waals surface area contributed by atoms with Gasteiger partial charge in [-0.25, -0.2) is 0 Å². The summed E-state index contributed by atoms with van der Waals surface area (Å²) in [6, 6.07) is 7.75. The van der Waals surface area contributed by atoms with E-state index < -0.39 is 0 Å². The van der Waals surface area contributed by atoms with Crippen molar-refractivity contribution in [2.24, 2.45) is 0 Å². The quantitative estimate of drug-likeness (QED) is 0.594. The number of hydrogen-bond acceptors (Lipinski definition) is 1. The van der Waals surface area contributed by atoms with Crippen molar-refractivity contribution in [3.05, 3.63) is 40.9 Å². The molecule has 0 N–H and O–H groups in total. The lowest BCUT2D eigenvalue weighted by Crippen LogP contribution is -1.93. The average Bonchev–Trinajstić information content (AvgIpc) is 2.15. The minimum atomic E-state index is 0.527. The van der Waals surface area contributed by atoms with Crippen LogP contribution >= 0.6 is 27.5 Å². The number of allylic oxidation sites excluding steroid dienone is 1. The van der Waals surface area contributed by atoms with Gasteiger partial charge in [0, 0.05) is 5.88 Å². The van der Waals surface area contributed by atoms with Crippen molar-refractivity contribution in [1.29, 1.82) is 0 Å². The molecule has 0 aliphatic carbocycles. The van der Waals surface area contributed by atoms with Gasteiger partial charge in [-0.15, -0.1) is 11.6 Å². The molecule has 0 aliphatic rings. The highest BCUT2D eigenvalue weighted by Crippen LogP contribution is 2.23. The van der Waals surface area contributed by atoms with Gasteiger partial charge in [0.15, 0.2) is 0 Å². The topological polar surface area (TPSA) is 9.23 Å². The van der Waals surface area contributed by atoms with E-state index in [1.54, 1.807) is 0 Å². The van der Waals surface area contributed by atoms with Crippen molar-refractivity contribution >= 4 is 27.5 Å². The molecule has 0 bridgehead atoms. The largest absolute Gasteiger partial charge is 0.488 e. The molecule has 0 saturated heterocycles. The summed E-state index contributed by atoms with van der Waals surface area (Å²) in [6.07, 6.45) is 3.75. The molecule has 70 valence electrons. The third-order valence-electron chi connectivity index (χ3n) is 1.43. The molecular formula is C10H10BrClO. The van der Waals surface area contributed by atoms with Gasteiger partial charge < -0.3 is 4.74 Å². The predicted octanol–water partition coefficient (Wildman–Crippen LogP) is 3.62. The van der Waals surface area contributed by atoms with Crippen molar-refractivity contribution in [3.8, 4) is 5.75 Å². The highest BCUT2D eigenvalue weighted by Gasteiger charge is 1.95. The summed E-state index contributed by atoms with van der Waals surface area (Å²) in [6.45, 7) is 0.551. The Kier molecular flexibility index (Phi) is 4.94. The molecule has 0 aliphatic heterocycles. The molecule has 0 aromatic heterocycles. The van der Waals surface area contributed by atoms with Crippen molar-refractivity contribution < 1.29 is 4.74 Å². The van der Waals surface area contributed by atoms with Gasteiger partial charge in [0.1, 0.15) is 12.4 Å². The number of benzene rings is 1. The number of halogens is 2. The molecule has 1 nitrogen and oxygen atoms in total. The fourth-order valence-electron chi connectivity index (χ4n) is 0.831. The summed E-state index contributed by atoms with van der Waals surface area (Å²) < 4.78 is 6.41. The van der Waals surface area contributed by atoms with Gasteiger partial charge in [-0.2, -0.15) is 0 Å². The molecule has 0 fully saturated rings. The van der Waals surface area contributed by atoms with Crippen LogP contribution < -0.4 is 4.74 Å². The first-order chi connectivity index (χ1) is 6.34. The second-order valence-electron chi connectivity index (χ2n) is 2.37. The van der Waals surface area contributed by atoms with Crippen LogP contribution in [0.5, 0.6) is 5.75 Å². The Bertz CT molecular complexity index is 286. The van der Waals surface area contributed by atoms with Gasteiger partial charge in [-0.3, -0.25) is 0 Å². The normalized spacial score (nSPS) is 10.6. The molecule has 13 heavy (non-hydrogen) atoms. The summed E-state index contributed by atoms with van der Waals surface area (Å²) in [7, 11) is 0. The van der Waals surface area contributed by atoms with Crippen LogP contribution in [0.15, 0.2) is 40.9 Å². The third-order valence-corrected chi connectivity index (χ3v) is 2.26. The first kappa shape index (κ1) is 10.6. The van der Waals surface area contributed by atoms with E-state index in [-0.39, 0.29) is 0 Å². The highest BCUT2D eigenvalue weighted by atomic mass is 79.9. The van der Waals surface area contributed by atoms with E-state index >= 15 is 0 Å². The summed E-state index contributed by atoms with van der Waals surface area (Å²) in [5.41, 5.74) is 0. The predicted molar refractivity (Wildman–Crippen MR) is 59.5 cm³/mol. The number of ether oxygens (including phenoxy) is 1. The van der Waals surface area contributed by atoms with Crippen LogP contribution in [-0.2, 0) is 0 Å². The van der Waals surface area contributed by atoms with Gasteiger partial charge in [-0.1, -0.05) is 24.3 Å². The zero-order valence-corrected chi connectivity index (χ0v) is 9.38. The average molecular weight is 262 g/mol. The Morgan fingerprint density at radius 3 is 2.77 bits per heavy atom. The fraction of sp³-hybridized carbons (Fsp3) is 0.200. The molecule has 0 heterocycles. The van der Waals surface area contributed by atoms with E-state index in [0.717, 1.165) is 10.2 Å². The maximum Gasteiger partial charge on any atom is 0.133 e. The smallest absolute Gasteiger partial charge is 0.133 e. The standard InChI is InChI=1S/C10H10BrClO/c11-9-5-1-2-6-10(9)13-8-4-3-7-12/h1-6H,7-8H2. The molecule has 0 radical (unpaired) electrons. The maximum absolute atomic E-state index is 5.46. The van der Waals surface area contributed by atoms with Gasteiger partial charge in [-0.05, 0) is 28.1 Å². The number of hydrogen-bond donors (Lipinski definition) is 0. The van der Waals surface area contributed by atoms with Crippen LogP contribution in [0.1, 0.15) is 0 Å². The van der Waals surface area contributed by atoms with Gasteiger partial charge in [0.2, 0.25) is 0 Å². The zero-order chi connectivity index (χ0) is 9.52. The van der Waals surface area contributed by atoms with Crippen molar-refractivity contribution in [1.82, 2.24) is 0 Å². The van der Waals surface area contributed by atoms with Crippen LogP contribution in [0.4, 0.5) is 0 Å². The minimum absolute atomic E-state index is 0.527. The molecule has 0 spiro atoms. The maximum atomic E-state index is 5.46. The Labute approximate surface area is 91.5 Å². The van der Waals surface area contributed by atoms with Crippen LogP contribution in [0, 0.1) is 0 Å². The molecule has 1 aromatic carbocycles. The van der Waals surface area contributed by atoms with E-state index in [4.69, 9.17) is 16.3 Å². The van der Waals surface area contributed by atoms with Crippen LogP contribution in [0.3, 0.4) is 0 Å². The first-order valence-electron chi connectivity index (χ1n) is 3.93. The molecule has 0 saturated carbocycles. The third kappa shape index (κ3) is 3.83. The summed E-state index contributed by atoms with van der Waals surface area (Å²) in [4.78, 5) is 0. The second-order valence-corrected chi connectivity index (χ2v) is 3.53. The van der Waals surface area contributed by atoms with Crippen molar-refractivity contribution in [2.45, 2.75) is 0 Å². The summed E-state index contributed by atoms with van der Waals surface area (Å²) in [5, 5.41) is 0. The van der Waals surface area contributed by atoms with E-state index in [1.807, 2.05) is 36.4 Å². The number of para-hydroxylation sites is 1. The highest BCUT2D eigenvalue weighted by molar-refractivity contribution is 9.10. The molecule has 0 unspecified atom stereocenters. The molecule has 0 amide bonds. The van der Waals surface area contributed by atoms with Crippen LogP contribution in [-0.4, -0.2) is 12.5 Å². The SMILES string of the molecule is ClCC=CCOc1ccccc1Br. The lowest BCUT2D eigenvalue weighted by molar-refractivity contribution is 0.360. The van der Waals surface area contributed by atoms with Gasteiger partial charge >= 0.3 is 0 Å². The molecular weight excluding hydrogens is 251 g/mol. The van der Waals surface area contributed by atoms with E-state index in [0.29, 0.717) is 12.5 Å². The summed E-state index contributed by atoms with van der Waals surface area (Å²) >= 11 is 8.85. The Morgan fingerprint density at radius 2 is 2.08 bits per heavy atom. The van der Waals surface area contributed by atoms with E-state index in [9.17, 15) is 0 Å². The Morgan fingerprint density at radius 1 is 1.31 bits per heavy atom. The minimum Gasteiger partial charge on any atom is -0.488 e.